The molecule has 3 aromatic heterocycles. The summed E-state index contributed by atoms with van der Waals surface area (Å²) >= 11 is 0. The van der Waals surface area contributed by atoms with Crippen LogP contribution in [0.1, 0.15) is 41.7 Å². The molecule has 1 amide bonds. The molecule has 9 heteroatoms. The fraction of sp³-hybridized carbons (Fsp3) is 0.400. The standard InChI is InChI=1S/C20H21FN6O2/c1-12-8-22-19(28)15-9-23-27-6-4-17(24-18(15)27)26-5-2-3-16(26)14-7-13(21)11-25(10-12)20(14)29/h4,6-7,9,11-12,16H,2-3,5,8,10H2,1H3,(H,22,28)/t12-,16-/m1/s1. The van der Waals surface area contributed by atoms with E-state index in [4.69, 9.17) is 0 Å². The Labute approximate surface area is 166 Å². The molecule has 1 N–H and O–H groups in total. The lowest BCUT2D eigenvalue weighted by Gasteiger charge is -2.26. The molecule has 0 unspecified atom stereocenters. The van der Waals surface area contributed by atoms with E-state index in [0.717, 1.165) is 12.8 Å². The summed E-state index contributed by atoms with van der Waals surface area (Å²) in [4.78, 5) is 32.5. The summed E-state index contributed by atoms with van der Waals surface area (Å²) in [6, 6.07) is 2.91. The van der Waals surface area contributed by atoms with E-state index in [0.29, 0.717) is 42.2 Å². The van der Waals surface area contributed by atoms with E-state index in [2.05, 4.69) is 15.4 Å². The van der Waals surface area contributed by atoms with Crippen LogP contribution in [0.2, 0.25) is 0 Å². The second-order valence-electron chi connectivity index (χ2n) is 7.85. The number of carbonyl (C=O) groups is 1. The van der Waals surface area contributed by atoms with Gasteiger partial charge in [0.2, 0.25) is 0 Å². The SMILES string of the molecule is C[C@@H]1CNC(=O)c2cnn3ccc(nc23)N2CCC[C@@H]2c2cc(F)cn(c2=O)C1. The molecule has 0 aliphatic carbocycles. The number of pyridine rings is 1. The molecule has 0 saturated carbocycles. The van der Waals surface area contributed by atoms with Crippen LogP contribution in [0.3, 0.4) is 0 Å². The van der Waals surface area contributed by atoms with Gasteiger partial charge in [0.25, 0.3) is 11.5 Å². The van der Waals surface area contributed by atoms with Crippen molar-refractivity contribution in [3.63, 3.8) is 0 Å². The van der Waals surface area contributed by atoms with Gasteiger partial charge in [0, 0.05) is 37.6 Å². The van der Waals surface area contributed by atoms with Gasteiger partial charge in [0.1, 0.15) is 17.2 Å². The van der Waals surface area contributed by atoms with Gasteiger partial charge in [-0.05, 0) is 30.9 Å². The molecule has 5 rings (SSSR count). The number of nitrogens with one attached hydrogen (secondary N) is 1. The van der Waals surface area contributed by atoms with Crippen molar-refractivity contribution >= 4 is 17.4 Å². The molecule has 0 radical (unpaired) electrons. The molecule has 29 heavy (non-hydrogen) atoms. The Morgan fingerprint density at radius 1 is 1.31 bits per heavy atom. The predicted molar refractivity (Wildman–Crippen MR) is 104 cm³/mol. The summed E-state index contributed by atoms with van der Waals surface area (Å²) in [6.45, 7) is 3.29. The molecule has 3 aromatic rings. The lowest BCUT2D eigenvalue weighted by molar-refractivity contribution is 0.0948. The van der Waals surface area contributed by atoms with Crippen LogP contribution in [-0.2, 0) is 6.54 Å². The van der Waals surface area contributed by atoms with Crippen LogP contribution in [0, 0.1) is 11.7 Å². The van der Waals surface area contributed by atoms with Gasteiger partial charge >= 0.3 is 0 Å². The van der Waals surface area contributed by atoms with Gasteiger partial charge in [-0.25, -0.2) is 13.9 Å². The highest BCUT2D eigenvalue weighted by atomic mass is 19.1. The van der Waals surface area contributed by atoms with Crippen LogP contribution in [0.5, 0.6) is 0 Å². The van der Waals surface area contributed by atoms with Crippen LogP contribution in [0.25, 0.3) is 5.65 Å². The average molecular weight is 396 g/mol. The Kier molecular flexibility index (Phi) is 4.11. The molecule has 2 aliphatic rings. The molecule has 5 heterocycles. The molecule has 0 spiro atoms. The molecule has 150 valence electrons. The van der Waals surface area contributed by atoms with Crippen molar-refractivity contribution in [1.82, 2.24) is 24.5 Å². The summed E-state index contributed by atoms with van der Waals surface area (Å²) in [5, 5.41) is 7.10. The van der Waals surface area contributed by atoms with Crippen LogP contribution >= 0.6 is 0 Å². The second kappa shape index (κ2) is 6.68. The molecular formula is C20H21FN6O2. The number of rotatable bonds is 0. The van der Waals surface area contributed by atoms with E-state index in [1.165, 1.54) is 23.0 Å². The van der Waals surface area contributed by atoms with Crippen LogP contribution < -0.4 is 15.8 Å². The molecule has 2 atom stereocenters. The van der Waals surface area contributed by atoms with Crippen LogP contribution in [-0.4, -0.2) is 38.2 Å². The second-order valence-corrected chi connectivity index (χ2v) is 7.85. The predicted octanol–water partition coefficient (Wildman–Crippen LogP) is 1.75. The van der Waals surface area contributed by atoms with Gasteiger partial charge in [-0.15, -0.1) is 0 Å². The van der Waals surface area contributed by atoms with E-state index in [-0.39, 0.29) is 23.4 Å². The molecule has 0 aromatic carbocycles. The number of amides is 1. The van der Waals surface area contributed by atoms with Crippen molar-refractivity contribution in [1.29, 1.82) is 0 Å². The van der Waals surface area contributed by atoms with E-state index in [1.54, 1.807) is 10.7 Å². The third kappa shape index (κ3) is 2.97. The lowest BCUT2D eigenvalue weighted by atomic mass is 10.1. The zero-order chi connectivity index (χ0) is 20.1. The molecule has 8 nitrogen and oxygen atoms in total. The average Bonchev–Trinajstić information content (AvgIpc) is 3.34. The van der Waals surface area contributed by atoms with Gasteiger partial charge in [-0.2, -0.15) is 5.10 Å². The Morgan fingerprint density at radius 2 is 2.17 bits per heavy atom. The third-order valence-electron chi connectivity index (χ3n) is 5.70. The quantitative estimate of drug-likeness (QED) is 0.626. The number of fused-ring (bicyclic) bond motifs is 6. The number of hydrogen-bond donors (Lipinski definition) is 1. The molecule has 2 aliphatic heterocycles. The van der Waals surface area contributed by atoms with Crippen LogP contribution in [0.15, 0.2) is 35.5 Å². The Balaban J connectivity index is 1.71. The Bertz CT molecular complexity index is 1170. The monoisotopic (exact) mass is 396 g/mol. The highest BCUT2D eigenvalue weighted by molar-refractivity contribution is 5.99. The number of anilines is 1. The zero-order valence-electron chi connectivity index (χ0n) is 16.0. The highest BCUT2D eigenvalue weighted by Crippen LogP contribution is 2.34. The normalized spacial score (nSPS) is 21.9. The first-order chi connectivity index (χ1) is 14.0. The topological polar surface area (TPSA) is 84.5 Å². The van der Waals surface area contributed by atoms with Gasteiger partial charge < -0.3 is 14.8 Å². The molecule has 4 bridgehead atoms. The summed E-state index contributed by atoms with van der Waals surface area (Å²) in [6.07, 6.45) is 6.13. The maximum Gasteiger partial charge on any atom is 0.256 e. The maximum atomic E-state index is 14.4. The highest BCUT2D eigenvalue weighted by Gasteiger charge is 2.31. The fourth-order valence-corrected chi connectivity index (χ4v) is 4.30. The largest absolute Gasteiger partial charge is 0.352 e. The first-order valence-electron chi connectivity index (χ1n) is 9.80. The third-order valence-corrected chi connectivity index (χ3v) is 5.70. The van der Waals surface area contributed by atoms with E-state index in [1.807, 2.05) is 17.9 Å². The first-order valence-corrected chi connectivity index (χ1v) is 9.80. The molecule has 1 saturated heterocycles. The van der Waals surface area contributed by atoms with Crippen molar-refractivity contribution in [2.45, 2.75) is 32.4 Å². The van der Waals surface area contributed by atoms with Gasteiger partial charge in [-0.3, -0.25) is 9.59 Å². The minimum Gasteiger partial charge on any atom is -0.352 e. The Morgan fingerprint density at radius 3 is 3.03 bits per heavy atom. The van der Waals surface area contributed by atoms with Gasteiger partial charge in [0.05, 0.1) is 12.2 Å². The summed E-state index contributed by atoms with van der Waals surface area (Å²) in [5.74, 6) is -0.107. The van der Waals surface area contributed by atoms with Crippen molar-refractivity contribution in [2.75, 3.05) is 18.0 Å². The van der Waals surface area contributed by atoms with Gasteiger partial charge in [-0.1, -0.05) is 6.92 Å². The number of nitrogens with zero attached hydrogens (tertiary/aromatic N) is 5. The smallest absolute Gasteiger partial charge is 0.256 e. The van der Waals surface area contributed by atoms with Crippen molar-refractivity contribution < 1.29 is 9.18 Å². The van der Waals surface area contributed by atoms with E-state index in [9.17, 15) is 14.0 Å². The fourth-order valence-electron chi connectivity index (χ4n) is 4.30. The minimum absolute atomic E-state index is 0.0562. The number of carbonyl (C=O) groups excluding carboxylic acids is 1. The van der Waals surface area contributed by atoms with Crippen LogP contribution in [0.4, 0.5) is 10.2 Å². The molecular weight excluding hydrogens is 375 g/mol. The zero-order valence-corrected chi connectivity index (χ0v) is 16.0. The Hall–Kier alpha value is -3.23. The minimum atomic E-state index is -0.434. The number of hydrogen-bond acceptors (Lipinski definition) is 5. The lowest BCUT2D eigenvalue weighted by Crippen LogP contribution is -2.36. The van der Waals surface area contributed by atoms with Gasteiger partial charge in [0.15, 0.2) is 5.65 Å². The van der Waals surface area contributed by atoms with E-state index >= 15 is 0 Å². The summed E-state index contributed by atoms with van der Waals surface area (Å²) < 4.78 is 17.4. The van der Waals surface area contributed by atoms with Crippen molar-refractivity contribution in [3.8, 4) is 0 Å². The molecule has 1 fully saturated rings. The maximum absolute atomic E-state index is 14.4. The summed E-state index contributed by atoms with van der Waals surface area (Å²) in [5.41, 5.74) is 1.14. The van der Waals surface area contributed by atoms with Crippen molar-refractivity contribution in [2.24, 2.45) is 5.92 Å². The van der Waals surface area contributed by atoms with E-state index < -0.39 is 5.82 Å². The first kappa shape index (κ1) is 17.8. The summed E-state index contributed by atoms with van der Waals surface area (Å²) in [7, 11) is 0. The van der Waals surface area contributed by atoms with Crippen molar-refractivity contribution in [3.05, 3.63) is 58.0 Å². The number of halogens is 1. The number of aromatic nitrogens is 4.